The lowest BCUT2D eigenvalue weighted by molar-refractivity contribution is 0.215. The number of fused-ring (bicyclic) bond motifs is 1. The van der Waals surface area contributed by atoms with Crippen molar-refractivity contribution in [2.45, 2.75) is 19.4 Å². The maximum atomic E-state index is 13.0. The smallest absolute Gasteiger partial charge is 0.204 e. The number of imidazole rings is 1. The lowest BCUT2D eigenvalue weighted by atomic mass is 10.1. The Bertz CT molecular complexity index is 536. The van der Waals surface area contributed by atoms with Crippen molar-refractivity contribution < 1.29 is 9.50 Å². The van der Waals surface area contributed by atoms with Gasteiger partial charge in [0.1, 0.15) is 5.82 Å². The van der Waals surface area contributed by atoms with Crippen LogP contribution in [0.1, 0.15) is 13.8 Å². The molecule has 0 aliphatic rings. The highest BCUT2D eigenvalue weighted by atomic mass is 19.1. The zero-order chi connectivity index (χ0) is 12.6. The molecule has 0 spiro atoms. The van der Waals surface area contributed by atoms with E-state index in [9.17, 15) is 9.50 Å². The minimum Gasteiger partial charge on any atom is -0.394 e. The molecule has 2 aromatic rings. The van der Waals surface area contributed by atoms with Gasteiger partial charge in [-0.3, -0.25) is 0 Å². The van der Waals surface area contributed by atoms with Gasteiger partial charge in [0.05, 0.1) is 23.2 Å². The molecular weight excluding hydrogens is 221 g/mol. The largest absolute Gasteiger partial charge is 0.394 e. The number of hydrogen-bond donors (Lipinski definition) is 2. The number of nitrogens with one attached hydrogen (secondary N) is 1. The van der Waals surface area contributed by atoms with Crippen LogP contribution >= 0.6 is 0 Å². The van der Waals surface area contributed by atoms with Gasteiger partial charge in [-0.2, -0.15) is 0 Å². The predicted octanol–water partition coefficient (Wildman–Crippen LogP) is 1.91. The van der Waals surface area contributed by atoms with Crippen LogP contribution in [0.25, 0.3) is 11.0 Å². The fourth-order valence-corrected chi connectivity index (χ4v) is 1.52. The van der Waals surface area contributed by atoms with Crippen molar-refractivity contribution in [2.24, 2.45) is 0 Å². The van der Waals surface area contributed by atoms with Crippen LogP contribution in [0, 0.1) is 5.82 Å². The average molecular weight is 237 g/mol. The first-order valence-electron chi connectivity index (χ1n) is 5.44. The Labute approximate surface area is 99.1 Å². The summed E-state index contributed by atoms with van der Waals surface area (Å²) in [7, 11) is 1.84. The summed E-state index contributed by atoms with van der Waals surface area (Å²) in [5, 5.41) is 9.30. The van der Waals surface area contributed by atoms with Crippen molar-refractivity contribution in [2.75, 3.05) is 18.6 Å². The summed E-state index contributed by atoms with van der Waals surface area (Å²) in [5.41, 5.74) is 0.939. The number of halogens is 1. The average Bonchev–Trinajstić information content (AvgIpc) is 2.70. The van der Waals surface area contributed by atoms with E-state index < -0.39 is 5.54 Å². The molecular formula is C12H16FN3O. The van der Waals surface area contributed by atoms with E-state index in [1.54, 1.807) is 6.07 Å². The van der Waals surface area contributed by atoms with Gasteiger partial charge in [0.25, 0.3) is 0 Å². The van der Waals surface area contributed by atoms with E-state index in [1.807, 2.05) is 25.8 Å². The molecule has 0 radical (unpaired) electrons. The molecule has 17 heavy (non-hydrogen) atoms. The number of hydrogen-bond acceptors (Lipinski definition) is 3. The van der Waals surface area contributed by atoms with Gasteiger partial charge in [0.2, 0.25) is 5.95 Å². The van der Waals surface area contributed by atoms with Crippen LogP contribution in [0.15, 0.2) is 18.2 Å². The van der Waals surface area contributed by atoms with Crippen LogP contribution in [0.5, 0.6) is 0 Å². The fraction of sp³-hybridized carbons (Fsp3) is 0.417. The first-order chi connectivity index (χ1) is 7.94. The third-order valence-corrected chi connectivity index (χ3v) is 3.04. The second kappa shape index (κ2) is 4.00. The maximum Gasteiger partial charge on any atom is 0.204 e. The number of aromatic nitrogens is 2. The Morgan fingerprint density at radius 1 is 1.47 bits per heavy atom. The van der Waals surface area contributed by atoms with Crippen LogP contribution in [-0.2, 0) is 0 Å². The van der Waals surface area contributed by atoms with E-state index in [0.717, 1.165) is 0 Å². The summed E-state index contributed by atoms with van der Waals surface area (Å²) in [4.78, 5) is 9.24. The maximum absolute atomic E-state index is 13.0. The Morgan fingerprint density at radius 2 is 2.18 bits per heavy atom. The Balaban J connectivity index is 2.43. The number of rotatable bonds is 3. The van der Waals surface area contributed by atoms with Crippen LogP contribution in [0.3, 0.4) is 0 Å². The number of aliphatic hydroxyl groups excluding tert-OH is 1. The van der Waals surface area contributed by atoms with E-state index in [4.69, 9.17) is 0 Å². The van der Waals surface area contributed by atoms with Gasteiger partial charge in [0.15, 0.2) is 0 Å². The molecule has 2 rings (SSSR count). The first kappa shape index (κ1) is 11.9. The van der Waals surface area contributed by atoms with Crippen LogP contribution in [0.2, 0.25) is 0 Å². The molecule has 0 unspecified atom stereocenters. The highest BCUT2D eigenvalue weighted by Crippen LogP contribution is 2.22. The summed E-state index contributed by atoms with van der Waals surface area (Å²) in [6.07, 6.45) is 0. The number of H-pyrrole nitrogens is 1. The molecule has 5 heteroatoms. The van der Waals surface area contributed by atoms with E-state index in [1.165, 1.54) is 12.1 Å². The molecule has 0 aliphatic heterocycles. The lowest BCUT2D eigenvalue weighted by Gasteiger charge is -2.33. The number of benzene rings is 1. The zero-order valence-corrected chi connectivity index (χ0v) is 10.2. The molecule has 0 saturated carbocycles. The molecule has 92 valence electrons. The topological polar surface area (TPSA) is 52.2 Å². The van der Waals surface area contributed by atoms with Crippen molar-refractivity contribution in [3.8, 4) is 0 Å². The van der Waals surface area contributed by atoms with E-state index in [0.29, 0.717) is 17.0 Å². The molecule has 2 N–H and O–H groups in total. The number of anilines is 1. The zero-order valence-electron chi connectivity index (χ0n) is 10.2. The van der Waals surface area contributed by atoms with E-state index in [2.05, 4.69) is 9.97 Å². The van der Waals surface area contributed by atoms with Gasteiger partial charge in [-0.05, 0) is 32.0 Å². The van der Waals surface area contributed by atoms with Crippen molar-refractivity contribution in [3.05, 3.63) is 24.0 Å². The normalized spacial score (nSPS) is 12.1. The van der Waals surface area contributed by atoms with Gasteiger partial charge in [-0.1, -0.05) is 0 Å². The van der Waals surface area contributed by atoms with Crippen molar-refractivity contribution in [1.82, 2.24) is 9.97 Å². The van der Waals surface area contributed by atoms with Crippen LogP contribution < -0.4 is 4.90 Å². The van der Waals surface area contributed by atoms with Gasteiger partial charge < -0.3 is 15.0 Å². The van der Waals surface area contributed by atoms with Crippen LogP contribution in [-0.4, -0.2) is 34.3 Å². The van der Waals surface area contributed by atoms with Gasteiger partial charge >= 0.3 is 0 Å². The first-order valence-corrected chi connectivity index (χ1v) is 5.44. The quantitative estimate of drug-likeness (QED) is 0.857. The second-order valence-electron chi connectivity index (χ2n) is 4.75. The highest BCUT2D eigenvalue weighted by molar-refractivity contribution is 5.77. The molecule has 0 saturated heterocycles. The van der Waals surface area contributed by atoms with Crippen molar-refractivity contribution in [3.63, 3.8) is 0 Å². The molecule has 1 aromatic heterocycles. The number of aromatic amines is 1. The number of likely N-dealkylation sites (N-methyl/N-ethyl adjacent to an activating group) is 1. The Hall–Kier alpha value is -1.62. The highest BCUT2D eigenvalue weighted by Gasteiger charge is 2.24. The lowest BCUT2D eigenvalue weighted by Crippen LogP contribution is -2.44. The summed E-state index contributed by atoms with van der Waals surface area (Å²) in [5.74, 6) is 0.321. The molecule has 0 bridgehead atoms. The fourth-order valence-electron chi connectivity index (χ4n) is 1.52. The van der Waals surface area contributed by atoms with Crippen LogP contribution in [0.4, 0.5) is 10.3 Å². The van der Waals surface area contributed by atoms with Gasteiger partial charge in [0, 0.05) is 7.05 Å². The Kier molecular flexibility index (Phi) is 2.79. The summed E-state index contributed by atoms with van der Waals surface area (Å²) in [6, 6.07) is 4.42. The summed E-state index contributed by atoms with van der Waals surface area (Å²) >= 11 is 0. The van der Waals surface area contributed by atoms with Gasteiger partial charge in [-0.25, -0.2) is 9.37 Å². The molecule has 0 aliphatic carbocycles. The van der Waals surface area contributed by atoms with Crippen molar-refractivity contribution >= 4 is 17.0 Å². The molecule has 0 atom stereocenters. The Morgan fingerprint density at radius 3 is 2.82 bits per heavy atom. The minimum atomic E-state index is -0.424. The summed E-state index contributed by atoms with van der Waals surface area (Å²) < 4.78 is 13.0. The SMILES string of the molecule is CN(c1nc2ccc(F)cc2[nH]1)C(C)(C)CO. The monoisotopic (exact) mass is 237 g/mol. The standard InChI is InChI=1S/C12H16FN3O/c1-12(2,7-17)16(3)11-14-9-5-4-8(13)6-10(9)15-11/h4-6,17H,7H2,1-3H3,(H,14,15). The molecule has 1 heterocycles. The molecule has 4 nitrogen and oxygen atoms in total. The third-order valence-electron chi connectivity index (χ3n) is 3.04. The number of nitrogens with zero attached hydrogens (tertiary/aromatic N) is 2. The molecule has 0 amide bonds. The predicted molar refractivity (Wildman–Crippen MR) is 65.6 cm³/mol. The third kappa shape index (κ3) is 2.10. The molecule has 1 aromatic carbocycles. The number of aliphatic hydroxyl groups is 1. The molecule has 0 fully saturated rings. The minimum absolute atomic E-state index is 0.00884. The van der Waals surface area contributed by atoms with Gasteiger partial charge in [-0.15, -0.1) is 0 Å². The van der Waals surface area contributed by atoms with Crippen molar-refractivity contribution in [1.29, 1.82) is 0 Å². The van der Waals surface area contributed by atoms with E-state index >= 15 is 0 Å². The second-order valence-corrected chi connectivity index (χ2v) is 4.75. The summed E-state index contributed by atoms with van der Waals surface area (Å²) in [6.45, 7) is 3.82. The van der Waals surface area contributed by atoms with E-state index in [-0.39, 0.29) is 12.4 Å².